The van der Waals surface area contributed by atoms with Crippen molar-refractivity contribution >= 4 is 23.7 Å². The molecule has 2 aromatic rings. The quantitative estimate of drug-likeness (QED) is 0.788. The van der Waals surface area contributed by atoms with E-state index in [1.807, 2.05) is 30.3 Å². The monoisotopic (exact) mass is 390 g/mol. The lowest BCUT2D eigenvalue weighted by atomic mass is 10.0. The minimum absolute atomic E-state index is 0.0252. The van der Waals surface area contributed by atoms with Gasteiger partial charge in [-0.2, -0.15) is 0 Å². The molecule has 1 N–H and O–H groups in total. The molecule has 2 heterocycles. The van der Waals surface area contributed by atoms with E-state index in [2.05, 4.69) is 0 Å². The number of aliphatic carboxylic acids is 1. The first kappa shape index (κ1) is 18.6. The van der Waals surface area contributed by atoms with E-state index in [0.29, 0.717) is 0 Å². The maximum absolute atomic E-state index is 13.3. The number of hydrogen-bond acceptors (Lipinski definition) is 4. The number of carbonyl (C=O) groups is 4. The van der Waals surface area contributed by atoms with Crippen molar-refractivity contribution in [3.63, 3.8) is 0 Å². The van der Waals surface area contributed by atoms with Gasteiger partial charge < -0.3 is 10.0 Å². The number of carboxylic acid groups (broad SMARTS) is 1. The van der Waals surface area contributed by atoms with Gasteiger partial charge in [0.05, 0.1) is 17.0 Å². The molecule has 4 rings (SSSR count). The Labute approximate surface area is 166 Å². The van der Waals surface area contributed by atoms with Crippen molar-refractivity contribution in [2.75, 3.05) is 6.54 Å². The van der Waals surface area contributed by atoms with Crippen molar-refractivity contribution in [2.24, 2.45) is 5.92 Å². The fraction of sp³-hybridized carbons (Fsp3) is 0.182. The lowest BCUT2D eigenvalue weighted by Crippen LogP contribution is -2.51. The summed E-state index contributed by atoms with van der Waals surface area (Å²) in [5.41, 5.74) is 1.33. The topological polar surface area (TPSA) is 95.0 Å². The molecule has 0 bridgehead atoms. The molecule has 0 radical (unpaired) electrons. The van der Waals surface area contributed by atoms with Crippen LogP contribution in [0.2, 0.25) is 0 Å². The van der Waals surface area contributed by atoms with Crippen LogP contribution in [0.4, 0.5) is 0 Å². The highest BCUT2D eigenvalue weighted by Gasteiger charge is 2.44. The van der Waals surface area contributed by atoms with Crippen molar-refractivity contribution < 1.29 is 24.3 Å². The van der Waals surface area contributed by atoms with Gasteiger partial charge in [-0.1, -0.05) is 48.5 Å². The molecule has 0 saturated carbocycles. The largest absolute Gasteiger partial charge is 0.481 e. The van der Waals surface area contributed by atoms with Crippen molar-refractivity contribution in [3.05, 3.63) is 83.6 Å². The van der Waals surface area contributed by atoms with E-state index in [-0.39, 0.29) is 24.1 Å². The molecule has 7 heteroatoms. The zero-order chi connectivity index (χ0) is 20.5. The Bertz CT molecular complexity index is 996. The summed E-state index contributed by atoms with van der Waals surface area (Å²) in [5, 5.41) is 9.19. The van der Waals surface area contributed by atoms with E-state index < -0.39 is 35.7 Å². The van der Waals surface area contributed by atoms with Crippen LogP contribution in [0.25, 0.3) is 0 Å². The first-order valence-corrected chi connectivity index (χ1v) is 9.20. The van der Waals surface area contributed by atoms with Gasteiger partial charge in [0.15, 0.2) is 0 Å². The summed E-state index contributed by atoms with van der Waals surface area (Å²) in [6.45, 7) is -0.0252. The van der Waals surface area contributed by atoms with E-state index in [9.17, 15) is 24.3 Å². The van der Waals surface area contributed by atoms with Crippen LogP contribution in [-0.4, -0.2) is 51.2 Å². The first-order valence-electron chi connectivity index (χ1n) is 9.20. The molecule has 0 fully saturated rings. The average Bonchev–Trinajstić information content (AvgIpc) is 3.32. The second kappa shape index (κ2) is 7.35. The van der Waals surface area contributed by atoms with Gasteiger partial charge in [0.1, 0.15) is 6.04 Å². The molecule has 2 aliphatic heterocycles. The number of amides is 3. The Morgan fingerprint density at radius 1 is 0.966 bits per heavy atom. The lowest BCUT2D eigenvalue weighted by Gasteiger charge is -2.29. The number of rotatable bonds is 5. The zero-order valence-corrected chi connectivity index (χ0v) is 15.4. The standard InChI is InChI=1S/C22H18N2O5/c25-19-16-8-4-5-9-17(16)20(26)24(19)18(12-14-6-2-1-3-7-14)21(27)23-11-10-15(13-23)22(28)29/h1-11,15,18H,12-13H2,(H,28,29)/t15?,18-/m0/s1. The van der Waals surface area contributed by atoms with Crippen LogP contribution in [-0.2, 0) is 16.0 Å². The SMILES string of the molecule is O=C(O)C1C=CN(C(=O)[C@H](Cc2ccccc2)N2C(=O)c3ccccc3C2=O)C1. The summed E-state index contributed by atoms with van der Waals surface area (Å²) in [6.07, 6.45) is 2.99. The second-order valence-electron chi connectivity index (χ2n) is 7.01. The molecule has 0 spiro atoms. The number of fused-ring (bicyclic) bond motifs is 1. The van der Waals surface area contributed by atoms with Crippen molar-refractivity contribution in [1.82, 2.24) is 9.80 Å². The molecule has 3 amide bonds. The zero-order valence-electron chi connectivity index (χ0n) is 15.4. The first-order chi connectivity index (χ1) is 14.0. The summed E-state index contributed by atoms with van der Waals surface area (Å²) >= 11 is 0. The number of imide groups is 1. The van der Waals surface area contributed by atoms with E-state index >= 15 is 0 Å². The number of carboxylic acids is 1. The number of nitrogens with zero attached hydrogens (tertiary/aromatic N) is 2. The highest BCUT2D eigenvalue weighted by Crippen LogP contribution is 2.27. The van der Waals surface area contributed by atoms with Crippen LogP contribution in [0.1, 0.15) is 26.3 Å². The van der Waals surface area contributed by atoms with Gasteiger partial charge in [0.25, 0.3) is 11.8 Å². The van der Waals surface area contributed by atoms with Gasteiger partial charge in [0, 0.05) is 19.2 Å². The van der Waals surface area contributed by atoms with Gasteiger partial charge in [-0.25, -0.2) is 0 Å². The molecular weight excluding hydrogens is 372 g/mol. The second-order valence-corrected chi connectivity index (χ2v) is 7.01. The fourth-order valence-corrected chi connectivity index (χ4v) is 3.67. The minimum Gasteiger partial charge on any atom is -0.481 e. The smallest absolute Gasteiger partial charge is 0.312 e. The van der Waals surface area contributed by atoms with E-state index in [4.69, 9.17) is 0 Å². The van der Waals surface area contributed by atoms with Gasteiger partial charge in [-0.15, -0.1) is 0 Å². The Hall–Kier alpha value is -3.74. The normalized spacial score (nSPS) is 18.8. The third-order valence-electron chi connectivity index (χ3n) is 5.19. The Morgan fingerprint density at radius 3 is 2.10 bits per heavy atom. The molecule has 2 aliphatic rings. The third kappa shape index (κ3) is 3.31. The Kier molecular flexibility index (Phi) is 4.72. The highest BCUT2D eigenvalue weighted by atomic mass is 16.4. The predicted octanol–water partition coefficient (Wildman–Crippen LogP) is 1.95. The minimum atomic E-state index is -1.07. The van der Waals surface area contributed by atoms with Crippen LogP contribution >= 0.6 is 0 Å². The maximum Gasteiger partial charge on any atom is 0.312 e. The summed E-state index contributed by atoms with van der Waals surface area (Å²) in [4.78, 5) is 52.7. The van der Waals surface area contributed by atoms with E-state index in [1.54, 1.807) is 24.3 Å². The Balaban J connectivity index is 1.67. The fourth-order valence-electron chi connectivity index (χ4n) is 3.67. The van der Waals surface area contributed by atoms with Crippen molar-refractivity contribution in [2.45, 2.75) is 12.5 Å². The summed E-state index contributed by atoms with van der Waals surface area (Å²) in [7, 11) is 0. The maximum atomic E-state index is 13.3. The van der Waals surface area contributed by atoms with E-state index in [1.165, 1.54) is 17.2 Å². The number of carbonyl (C=O) groups excluding carboxylic acids is 3. The molecule has 29 heavy (non-hydrogen) atoms. The predicted molar refractivity (Wildman–Crippen MR) is 103 cm³/mol. The average molecular weight is 390 g/mol. The third-order valence-corrected chi connectivity index (χ3v) is 5.19. The molecule has 2 aromatic carbocycles. The summed E-state index contributed by atoms with van der Waals surface area (Å²) in [6, 6.07) is 14.5. The van der Waals surface area contributed by atoms with Crippen LogP contribution in [0, 0.1) is 5.92 Å². The number of benzene rings is 2. The molecular formula is C22H18N2O5. The summed E-state index contributed by atoms with van der Waals surface area (Å²) < 4.78 is 0. The molecule has 146 valence electrons. The van der Waals surface area contributed by atoms with Crippen LogP contribution in [0.5, 0.6) is 0 Å². The van der Waals surface area contributed by atoms with Gasteiger partial charge in [0.2, 0.25) is 5.91 Å². The molecule has 0 aliphatic carbocycles. The van der Waals surface area contributed by atoms with Gasteiger partial charge >= 0.3 is 5.97 Å². The molecule has 7 nitrogen and oxygen atoms in total. The van der Waals surface area contributed by atoms with Crippen LogP contribution in [0.15, 0.2) is 66.9 Å². The summed E-state index contributed by atoms with van der Waals surface area (Å²) in [5.74, 6) is -3.35. The van der Waals surface area contributed by atoms with Crippen LogP contribution < -0.4 is 0 Å². The molecule has 0 saturated heterocycles. The molecule has 1 unspecified atom stereocenters. The highest BCUT2D eigenvalue weighted by molar-refractivity contribution is 6.22. The Morgan fingerprint density at radius 2 is 1.55 bits per heavy atom. The number of hydrogen-bond donors (Lipinski definition) is 1. The van der Waals surface area contributed by atoms with Gasteiger partial charge in [-0.3, -0.25) is 24.1 Å². The van der Waals surface area contributed by atoms with Crippen LogP contribution in [0.3, 0.4) is 0 Å². The van der Waals surface area contributed by atoms with E-state index in [0.717, 1.165) is 10.5 Å². The molecule has 2 atom stereocenters. The van der Waals surface area contributed by atoms with Crippen molar-refractivity contribution in [1.29, 1.82) is 0 Å². The molecule has 0 aromatic heterocycles. The lowest BCUT2D eigenvalue weighted by molar-refractivity contribution is -0.141. The van der Waals surface area contributed by atoms with Crippen molar-refractivity contribution in [3.8, 4) is 0 Å². The van der Waals surface area contributed by atoms with Gasteiger partial charge in [-0.05, 0) is 17.7 Å².